The van der Waals surface area contributed by atoms with Crippen molar-refractivity contribution >= 4 is 32.8 Å². The van der Waals surface area contributed by atoms with Crippen LogP contribution in [0, 0.1) is 13.8 Å². The third-order valence-corrected chi connectivity index (χ3v) is 7.56. The van der Waals surface area contributed by atoms with Gasteiger partial charge in [0.05, 0.1) is 22.5 Å². The Labute approximate surface area is 187 Å². The molecule has 0 radical (unpaired) electrons. The molecule has 4 rings (SSSR count). The van der Waals surface area contributed by atoms with E-state index in [0.29, 0.717) is 29.9 Å². The molecule has 2 heterocycles. The summed E-state index contributed by atoms with van der Waals surface area (Å²) in [5.41, 5.74) is 3.62. The lowest BCUT2D eigenvalue weighted by atomic mass is 10.1. The number of piperazine rings is 1. The molecule has 2 aromatic carbocycles. The summed E-state index contributed by atoms with van der Waals surface area (Å²) in [5.74, 6) is -0.106. The third-order valence-electron chi connectivity index (χ3n) is 5.65. The molecule has 0 atom stereocenters. The zero-order chi connectivity index (χ0) is 22.9. The molecule has 9 heteroatoms. The van der Waals surface area contributed by atoms with Gasteiger partial charge in [0.1, 0.15) is 0 Å². The second kappa shape index (κ2) is 8.84. The highest BCUT2D eigenvalue weighted by molar-refractivity contribution is 7.89. The van der Waals surface area contributed by atoms with E-state index in [-0.39, 0.29) is 30.3 Å². The molecule has 0 saturated carbocycles. The Bertz CT molecular complexity index is 1250. The van der Waals surface area contributed by atoms with Gasteiger partial charge in [-0.15, -0.1) is 0 Å². The maximum absolute atomic E-state index is 12.9. The molecular weight excluding hydrogens is 428 g/mol. The van der Waals surface area contributed by atoms with E-state index >= 15 is 0 Å². The summed E-state index contributed by atoms with van der Waals surface area (Å²) in [6.45, 7) is 7.31. The van der Waals surface area contributed by atoms with Crippen LogP contribution in [0.3, 0.4) is 0 Å². The molecule has 0 amide bonds. The van der Waals surface area contributed by atoms with Crippen LogP contribution >= 0.6 is 0 Å². The van der Waals surface area contributed by atoms with Gasteiger partial charge in [-0.2, -0.15) is 4.31 Å². The highest BCUT2D eigenvalue weighted by atomic mass is 32.2. The number of benzene rings is 2. The average molecular weight is 455 g/mol. The summed E-state index contributed by atoms with van der Waals surface area (Å²) in [6.07, 6.45) is 0. The fourth-order valence-electron chi connectivity index (χ4n) is 3.74. The first-order valence-corrected chi connectivity index (χ1v) is 12.0. The molecule has 8 nitrogen and oxygen atoms in total. The van der Waals surface area contributed by atoms with E-state index in [1.165, 1.54) is 4.31 Å². The minimum Gasteiger partial charge on any atom is -0.461 e. The summed E-state index contributed by atoms with van der Waals surface area (Å²) in [4.78, 5) is 24.2. The SMILES string of the molecule is CCOC(=O)c1nc2cc(C)c(C)cc2nc1N1CCN(S(=O)(=O)c2ccccc2)CC1. The topological polar surface area (TPSA) is 92.7 Å². The van der Waals surface area contributed by atoms with Crippen LogP contribution in [0.25, 0.3) is 11.0 Å². The van der Waals surface area contributed by atoms with Crippen molar-refractivity contribution < 1.29 is 17.9 Å². The predicted molar refractivity (Wildman–Crippen MR) is 122 cm³/mol. The van der Waals surface area contributed by atoms with Crippen LogP contribution in [0.5, 0.6) is 0 Å². The quantitative estimate of drug-likeness (QED) is 0.547. The predicted octanol–water partition coefficient (Wildman–Crippen LogP) is 2.93. The van der Waals surface area contributed by atoms with Gasteiger partial charge in [0, 0.05) is 26.2 Å². The van der Waals surface area contributed by atoms with Gasteiger partial charge in [0.25, 0.3) is 0 Å². The normalized spacial score (nSPS) is 15.2. The molecule has 1 fully saturated rings. The van der Waals surface area contributed by atoms with Crippen LogP contribution in [0.1, 0.15) is 28.5 Å². The zero-order valence-corrected chi connectivity index (χ0v) is 19.2. The van der Waals surface area contributed by atoms with Crippen LogP contribution < -0.4 is 4.90 Å². The number of ether oxygens (including phenoxy) is 1. The number of aryl methyl sites for hydroxylation is 2. The Morgan fingerprint density at radius 3 is 2.16 bits per heavy atom. The van der Waals surface area contributed by atoms with Crippen molar-refractivity contribution in [2.75, 3.05) is 37.7 Å². The Morgan fingerprint density at radius 2 is 1.56 bits per heavy atom. The fraction of sp³-hybridized carbons (Fsp3) is 0.348. The van der Waals surface area contributed by atoms with Crippen molar-refractivity contribution in [1.29, 1.82) is 0 Å². The number of rotatable bonds is 5. The van der Waals surface area contributed by atoms with Gasteiger partial charge < -0.3 is 9.64 Å². The minimum absolute atomic E-state index is 0.155. The van der Waals surface area contributed by atoms with Crippen molar-refractivity contribution in [3.8, 4) is 0 Å². The Hall–Kier alpha value is -3.04. The van der Waals surface area contributed by atoms with Crippen LogP contribution in [0.2, 0.25) is 0 Å². The molecular formula is C23H26N4O4S. The standard InChI is InChI=1S/C23H26N4O4S/c1-4-31-23(28)21-22(25-20-15-17(3)16(2)14-19(20)24-21)26-10-12-27(13-11-26)32(29,30)18-8-6-5-7-9-18/h5-9,14-15H,4,10-13H2,1-3H3. The van der Waals surface area contributed by atoms with Crippen molar-refractivity contribution in [3.63, 3.8) is 0 Å². The number of carbonyl (C=O) groups excluding carboxylic acids is 1. The van der Waals surface area contributed by atoms with E-state index in [1.54, 1.807) is 37.3 Å². The van der Waals surface area contributed by atoms with Gasteiger partial charge >= 0.3 is 5.97 Å². The molecule has 0 unspecified atom stereocenters. The summed E-state index contributed by atoms with van der Waals surface area (Å²) < 4.78 is 32.6. The van der Waals surface area contributed by atoms with Crippen molar-refractivity contribution in [1.82, 2.24) is 14.3 Å². The summed E-state index contributed by atoms with van der Waals surface area (Å²) >= 11 is 0. The molecule has 0 aliphatic carbocycles. The molecule has 32 heavy (non-hydrogen) atoms. The lowest BCUT2D eigenvalue weighted by molar-refractivity contribution is 0.0520. The van der Waals surface area contributed by atoms with Crippen LogP contribution in [0.15, 0.2) is 47.4 Å². The minimum atomic E-state index is -3.57. The first-order valence-electron chi connectivity index (χ1n) is 10.6. The summed E-state index contributed by atoms with van der Waals surface area (Å²) in [7, 11) is -3.57. The molecule has 1 aromatic heterocycles. The van der Waals surface area contributed by atoms with E-state index in [4.69, 9.17) is 9.72 Å². The van der Waals surface area contributed by atoms with Crippen molar-refractivity contribution in [2.24, 2.45) is 0 Å². The third kappa shape index (κ3) is 4.18. The number of nitrogens with zero attached hydrogens (tertiary/aromatic N) is 4. The first-order chi connectivity index (χ1) is 15.3. The zero-order valence-electron chi connectivity index (χ0n) is 18.4. The lowest BCUT2D eigenvalue weighted by Gasteiger charge is -2.35. The van der Waals surface area contributed by atoms with Crippen molar-refractivity contribution in [2.45, 2.75) is 25.7 Å². The van der Waals surface area contributed by atoms with E-state index in [2.05, 4.69) is 4.98 Å². The van der Waals surface area contributed by atoms with Gasteiger partial charge in [-0.05, 0) is 56.2 Å². The van der Waals surface area contributed by atoms with Crippen molar-refractivity contribution in [3.05, 3.63) is 59.3 Å². The Balaban J connectivity index is 1.65. The smallest absolute Gasteiger partial charge is 0.360 e. The van der Waals surface area contributed by atoms with Crippen LogP contribution in [-0.2, 0) is 14.8 Å². The number of sulfonamides is 1. The number of esters is 1. The molecule has 168 valence electrons. The van der Waals surface area contributed by atoms with Gasteiger partial charge in [-0.3, -0.25) is 0 Å². The largest absolute Gasteiger partial charge is 0.461 e. The summed E-state index contributed by atoms with van der Waals surface area (Å²) in [5, 5.41) is 0. The van der Waals surface area contributed by atoms with Gasteiger partial charge in [0.15, 0.2) is 11.5 Å². The molecule has 0 bridgehead atoms. The van der Waals surface area contributed by atoms with Gasteiger partial charge in [-0.25, -0.2) is 23.2 Å². The highest BCUT2D eigenvalue weighted by Crippen LogP contribution is 2.26. The van der Waals surface area contributed by atoms with Gasteiger partial charge in [0.2, 0.25) is 10.0 Å². The molecule has 1 saturated heterocycles. The molecule has 3 aromatic rings. The van der Waals surface area contributed by atoms with Gasteiger partial charge in [-0.1, -0.05) is 18.2 Å². The van der Waals surface area contributed by atoms with Crippen LogP contribution in [-0.4, -0.2) is 61.4 Å². The highest BCUT2D eigenvalue weighted by Gasteiger charge is 2.31. The first kappa shape index (κ1) is 22.2. The molecule has 1 aliphatic rings. The monoisotopic (exact) mass is 454 g/mol. The number of hydrogen-bond acceptors (Lipinski definition) is 7. The molecule has 1 aliphatic heterocycles. The maximum atomic E-state index is 12.9. The lowest BCUT2D eigenvalue weighted by Crippen LogP contribution is -2.49. The Morgan fingerprint density at radius 1 is 0.969 bits per heavy atom. The van der Waals surface area contributed by atoms with E-state index in [1.807, 2.05) is 30.9 Å². The number of carbonyl (C=O) groups is 1. The second-order valence-electron chi connectivity index (χ2n) is 7.75. The number of fused-ring (bicyclic) bond motifs is 1. The second-order valence-corrected chi connectivity index (χ2v) is 9.68. The van der Waals surface area contributed by atoms with E-state index in [0.717, 1.165) is 11.1 Å². The Kier molecular flexibility index (Phi) is 6.12. The van der Waals surface area contributed by atoms with Crippen LogP contribution in [0.4, 0.5) is 5.82 Å². The molecule has 0 N–H and O–H groups in total. The fourth-order valence-corrected chi connectivity index (χ4v) is 5.18. The number of anilines is 1. The van der Waals surface area contributed by atoms with E-state index in [9.17, 15) is 13.2 Å². The maximum Gasteiger partial charge on any atom is 0.360 e. The average Bonchev–Trinajstić information content (AvgIpc) is 2.80. The number of aromatic nitrogens is 2. The number of hydrogen-bond donors (Lipinski definition) is 0. The summed E-state index contributed by atoms with van der Waals surface area (Å²) in [6, 6.07) is 12.3. The van der Waals surface area contributed by atoms with E-state index < -0.39 is 16.0 Å². The molecule has 0 spiro atoms.